The van der Waals surface area contributed by atoms with Gasteiger partial charge in [-0.1, -0.05) is 6.07 Å². The van der Waals surface area contributed by atoms with E-state index in [4.69, 9.17) is 5.73 Å². The second-order valence-corrected chi connectivity index (χ2v) is 6.08. The molecule has 0 bridgehead atoms. The molecule has 2 rings (SSSR count). The van der Waals surface area contributed by atoms with Crippen molar-refractivity contribution in [3.8, 4) is 0 Å². The Labute approximate surface area is 129 Å². The van der Waals surface area contributed by atoms with E-state index >= 15 is 0 Å². The Hall–Kier alpha value is -2.56. The van der Waals surface area contributed by atoms with Crippen molar-refractivity contribution in [1.82, 2.24) is 4.57 Å². The number of aromatic nitrogens is 1. The summed E-state index contributed by atoms with van der Waals surface area (Å²) in [6, 6.07) is 10.5. The first-order chi connectivity index (χ1) is 10.3. The second-order valence-electron chi connectivity index (χ2n) is 6.08. The third-order valence-corrected chi connectivity index (χ3v) is 3.56. The van der Waals surface area contributed by atoms with E-state index in [9.17, 15) is 9.59 Å². The molecule has 2 aromatic rings. The summed E-state index contributed by atoms with van der Waals surface area (Å²) in [6.45, 7) is 5.71. The Morgan fingerprint density at radius 2 is 1.86 bits per heavy atom. The van der Waals surface area contributed by atoms with Crippen LogP contribution in [0.1, 0.15) is 19.4 Å². The van der Waals surface area contributed by atoms with E-state index in [2.05, 4.69) is 5.32 Å². The van der Waals surface area contributed by atoms with Crippen molar-refractivity contribution in [3.05, 3.63) is 58.5 Å². The van der Waals surface area contributed by atoms with Crippen LogP contribution in [0.4, 0.5) is 11.4 Å². The lowest BCUT2D eigenvalue weighted by Gasteiger charge is -2.24. The number of hydrogen-bond donors (Lipinski definition) is 2. The molecule has 0 fully saturated rings. The lowest BCUT2D eigenvalue weighted by atomic mass is 9.91. The van der Waals surface area contributed by atoms with Crippen LogP contribution >= 0.6 is 0 Å². The van der Waals surface area contributed by atoms with Crippen LogP contribution in [-0.2, 0) is 11.3 Å². The van der Waals surface area contributed by atoms with Crippen molar-refractivity contribution >= 4 is 17.3 Å². The van der Waals surface area contributed by atoms with E-state index in [0.717, 1.165) is 0 Å². The number of anilines is 2. The standard InChI is InChI=1S/C17H21N3O2/c1-12-5-4-10-20(15(12)21)11-17(2,3)16(22)19-14-8-6-13(18)7-9-14/h4-10H,11,18H2,1-3H3,(H,19,22). The monoisotopic (exact) mass is 299 g/mol. The van der Waals surface area contributed by atoms with Gasteiger partial charge in [-0.2, -0.15) is 0 Å². The maximum Gasteiger partial charge on any atom is 0.253 e. The number of amides is 1. The van der Waals surface area contributed by atoms with Crippen molar-refractivity contribution in [3.63, 3.8) is 0 Å². The molecule has 0 spiro atoms. The molecule has 1 aromatic heterocycles. The van der Waals surface area contributed by atoms with E-state index in [0.29, 0.717) is 23.5 Å². The molecule has 0 radical (unpaired) electrons. The summed E-state index contributed by atoms with van der Waals surface area (Å²) in [5, 5.41) is 2.85. The quantitative estimate of drug-likeness (QED) is 0.851. The fourth-order valence-electron chi connectivity index (χ4n) is 2.15. The second kappa shape index (κ2) is 6.05. The molecule has 5 nitrogen and oxygen atoms in total. The minimum atomic E-state index is -0.723. The number of nitrogen functional groups attached to an aromatic ring is 1. The molecule has 5 heteroatoms. The zero-order valence-electron chi connectivity index (χ0n) is 13.1. The van der Waals surface area contributed by atoms with Crippen LogP contribution in [0.3, 0.4) is 0 Å². The van der Waals surface area contributed by atoms with Gasteiger partial charge in [-0.05, 0) is 51.1 Å². The highest BCUT2D eigenvalue weighted by atomic mass is 16.2. The largest absolute Gasteiger partial charge is 0.399 e. The van der Waals surface area contributed by atoms with Gasteiger partial charge in [0.15, 0.2) is 0 Å². The van der Waals surface area contributed by atoms with Crippen molar-refractivity contribution in [2.24, 2.45) is 5.41 Å². The Morgan fingerprint density at radius 1 is 1.23 bits per heavy atom. The highest BCUT2D eigenvalue weighted by Gasteiger charge is 2.28. The Bertz CT molecular complexity index is 730. The number of nitrogens with two attached hydrogens (primary N) is 1. The number of nitrogens with zero attached hydrogens (tertiary/aromatic N) is 1. The van der Waals surface area contributed by atoms with Gasteiger partial charge in [0.25, 0.3) is 5.56 Å². The van der Waals surface area contributed by atoms with E-state index < -0.39 is 5.41 Å². The fourth-order valence-corrected chi connectivity index (χ4v) is 2.15. The lowest BCUT2D eigenvalue weighted by molar-refractivity contribution is -0.124. The topological polar surface area (TPSA) is 77.1 Å². The number of benzene rings is 1. The summed E-state index contributed by atoms with van der Waals surface area (Å²) in [5.74, 6) is -0.148. The minimum Gasteiger partial charge on any atom is -0.399 e. The highest BCUT2D eigenvalue weighted by Crippen LogP contribution is 2.21. The number of rotatable bonds is 4. The van der Waals surface area contributed by atoms with Crippen LogP contribution in [0.25, 0.3) is 0 Å². The van der Waals surface area contributed by atoms with Crippen molar-refractivity contribution < 1.29 is 4.79 Å². The van der Waals surface area contributed by atoms with E-state index in [1.165, 1.54) is 0 Å². The highest BCUT2D eigenvalue weighted by molar-refractivity contribution is 5.94. The van der Waals surface area contributed by atoms with E-state index in [-0.39, 0.29) is 11.5 Å². The first-order valence-corrected chi connectivity index (χ1v) is 7.13. The van der Waals surface area contributed by atoms with E-state index in [1.807, 2.05) is 19.9 Å². The summed E-state index contributed by atoms with van der Waals surface area (Å²) in [4.78, 5) is 24.5. The molecule has 0 aliphatic rings. The Balaban J connectivity index is 2.15. The third-order valence-electron chi connectivity index (χ3n) is 3.56. The molecule has 116 valence electrons. The van der Waals surface area contributed by atoms with Gasteiger partial charge in [0.05, 0.1) is 5.41 Å². The summed E-state index contributed by atoms with van der Waals surface area (Å²) in [5.41, 5.74) is 6.82. The first kappa shape index (κ1) is 15.8. The molecule has 0 saturated heterocycles. The molecule has 0 aliphatic heterocycles. The molecule has 0 aliphatic carbocycles. The maximum absolute atomic E-state index is 12.5. The molecule has 0 saturated carbocycles. The van der Waals surface area contributed by atoms with Crippen molar-refractivity contribution in [2.45, 2.75) is 27.3 Å². The van der Waals surface area contributed by atoms with Gasteiger partial charge in [0, 0.05) is 29.7 Å². The number of carbonyl (C=O) groups is 1. The molecule has 1 aromatic carbocycles. The van der Waals surface area contributed by atoms with Crippen molar-refractivity contribution in [1.29, 1.82) is 0 Å². The zero-order chi connectivity index (χ0) is 16.3. The van der Waals surface area contributed by atoms with E-state index in [1.54, 1.807) is 48.0 Å². The van der Waals surface area contributed by atoms with Gasteiger partial charge in [0.2, 0.25) is 5.91 Å². The molecular formula is C17H21N3O2. The van der Waals surface area contributed by atoms with Crippen LogP contribution in [0.15, 0.2) is 47.4 Å². The van der Waals surface area contributed by atoms with Gasteiger partial charge in [-0.3, -0.25) is 9.59 Å². The summed E-state index contributed by atoms with van der Waals surface area (Å²) in [7, 11) is 0. The lowest BCUT2D eigenvalue weighted by Crippen LogP contribution is -2.38. The Kier molecular flexibility index (Phi) is 4.35. The zero-order valence-corrected chi connectivity index (χ0v) is 13.1. The summed E-state index contributed by atoms with van der Waals surface area (Å²) in [6.07, 6.45) is 1.70. The molecule has 3 N–H and O–H groups in total. The van der Waals surface area contributed by atoms with Gasteiger partial charge >= 0.3 is 0 Å². The van der Waals surface area contributed by atoms with Gasteiger partial charge in [-0.15, -0.1) is 0 Å². The van der Waals surface area contributed by atoms with Crippen LogP contribution in [0.5, 0.6) is 0 Å². The van der Waals surface area contributed by atoms with Crippen LogP contribution in [0.2, 0.25) is 0 Å². The number of hydrogen-bond acceptors (Lipinski definition) is 3. The summed E-state index contributed by atoms with van der Waals surface area (Å²) < 4.78 is 1.57. The van der Waals surface area contributed by atoms with Crippen LogP contribution < -0.4 is 16.6 Å². The smallest absolute Gasteiger partial charge is 0.253 e. The SMILES string of the molecule is Cc1cccn(CC(C)(C)C(=O)Nc2ccc(N)cc2)c1=O. The van der Waals surface area contributed by atoms with Gasteiger partial charge < -0.3 is 15.6 Å². The molecule has 22 heavy (non-hydrogen) atoms. The minimum absolute atomic E-state index is 0.0733. The molecular weight excluding hydrogens is 278 g/mol. The van der Waals surface area contributed by atoms with Crippen molar-refractivity contribution in [2.75, 3.05) is 11.1 Å². The third kappa shape index (κ3) is 3.55. The maximum atomic E-state index is 12.5. The Morgan fingerprint density at radius 3 is 2.50 bits per heavy atom. The number of nitrogens with one attached hydrogen (secondary N) is 1. The first-order valence-electron chi connectivity index (χ1n) is 7.13. The summed E-state index contributed by atoms with van der Waals surface area (Å²) >= 11 is 0. The molecule has 0 atom stereocenters. The van der Waals surface area contributed by atoms with Crippen LogP contribution in [0, 0.1) is 12.3 Å². The molecule has 1 heterocycles. The van der Waals surface area contributed by atoms with Gasteiger partial charge in [-0.25, -0.2) is 0 Å². The molecule has 1 amide bonds. The fraction of sp³-hybridized carbons (Fsp3) is 0.294. The number of carbonyl (C=O) groups excluding carboxylic acids is 1. The predicted octanol–water partition coefficient (Wildman–Crippen LogP) is 2.40. The number of pyridine rings is 1. The number of aryl methyl sites for hydroxylation is 1. The average Bonchev–Trinajstić information content (AvgIpc) is 2.46. The molecule has 0 unspecified atom stereocenters. The predicted molar refractivity (Wildman–Crippen MR) is 88.7 cm³/mol. The average molecular weight is 299 g/mol. The van der Waals surface area contributed by atoms with Gasteiger partial charge in [0.1, 0.15) is 0 Å². The van der Waals surface area contributed by atoms with Crippen LogP contribution in [-0.4, -0.2) is 10.5 Å². The normalized spacial score (nSPS) is 11.2.